The number of hydrogen-bond acceptors (Lipinski definition) is 4. The second-order valence-corrected chi connectivity index (χ2v) is 5.26. The van der Waals surface area contributed by atoms with Crippen molar-refractivity contribution in [1.29, 1.82) is 0 Å². The molecule has 0 fully saturated rings. The minimum Gasteiger partial charge on any atom is -0.466 e. The highest BCUT2D eigenvalue weighted by atomic mass is 35.5. The Morgan fingerprint density at radius 1 is 1.27 bits per heavy atom. The molecule has 1 aromatic carbocycles. The Morgan fingerprint density at radius 2 is 1.86 bits per heavy atom. The number of rotatable bonds is 7. The molecule has 0 aliphatic carbocycles. The molecule has 22 heavy (non-hydrogen) atoms. The zero-order valence-corrected chi connectivity index (χ0v) is 13.2. The normalized spacial score (nSPS) is 13.0. The lowest BCUT2D eigenvalue weighted by molar-refractivity contribution is -0.147. The van der Waals surface area contributed by atoms with E-state index in [9.17, 15) is 14.4 Å². The quantitative estimate of drug-likeness (QED) is 0.742. The molecule has 0 bridgehead atoms. The largest absolute Gasteiger partial charge is 0.466 e. The number of nitrogens with one attached hydrogen (secondary N) is 1. The minimum absolute atomic E-state index is 0.0769. The van der Waals surface area contributed by atoms with Crippen molar-refractivity contribution < 1.29 is 19.1 Å². The summed E-state index contributed by atoms with van der Waals surface area (Å²) in [5.74, 6) is -2.16. The number of amides is 2. The van der Waals surface area contributed by atoms with E-state index in [2.05, 4.69) is 5.32 Å². The smallest absolute Gasteiger partial charge is 0.308 e. The molecule has 0 aliphatic rings. The predicted molar refractivity (Wildman–Crippen MR) is 82.3 cm³/mol. The zero-order valence-electron chi connectivity index (χ0n) is 12.5. The van der Waals surface area contributed by atoms with E-state index in [1.807, 2.05) is 0 Å². The molecule has 0 aromatic heterocycles. The summed E-state index contributed by atoms with van der Waals surface area (Å²) in [4.78, 5) is 35.1. The maximum atomic E-state index is 12.1. The molecule has 2 amide bonds. The van der Waals surface area contributed by atoms with Gasteiger partial charge < -0.3 is 15.8 Å². The third-order valence-electron chi connectivity index (χ3n) is 3.03. The van der Waals surface area contributed by atoms with Gasteiger partial charge in [-0.25, -0.2) is 0 Å². The standard InChI is InChI=1S/C15H19ClN2O4/c1-3-22-15(21)9(2)8-12(13(17)19)18-14(20)10-4-6-11(16)7-5-10/h4-7,9,12H,3,8H2,1-2H3,(H2,17,19)(H,18,20)/t9-,12-/m1/s1. The Bertz CT molecular complexity index is 545. The summed E-state index contributed by atoms with van der Waals surface area (Å²) in [6.45, 7) is 3.56. The van der Waals surface area contributed by atoms with Crippen LogP contribution in [0, 0.1) is 5.92 Å². The maximum absolute atomic E-state index is 12.1. The van der Waals surface area contributed by atoms with Gasteiger partial charge >= 0.3 is 5.97 Å². The van der Waals surface area contributed by atoms with Crippen molar-refractivity contribution in [2.75, 3.05) is 6.61 Å². The molecular formula is C15H19ClN2O4. The number of benzene rings is 1. The summed E-state index contributed by atoms with van der Waals surface area (Å²) in [6, 6.07) is 5.24. The number of esters is 1. The number of nitrogens with two attached hydrogens (primary N) is 1. The lowest BCUT2D eigenvalue weighted by atomic mass is 10.0. The number of ether oxygens (including phenoxy) is 1. The van der Waals surface area contributed by atoms with Gasteiger partial charge in [-0.2, -0.15) is 0 Å². The van der Waals surface area contributed by atoms with Crippen molar-refractivity contribution in [3.63, 3.8) is 0 Å². The fourth-order valence-electron chi connectivity index (χ4n) is 1.82. The molecule has 0 saturated heterocycles. The summed E-state index contributed by atoms with van der Waals surface area (Å²) >= 11 is 5.75. The van der Waals surface area contributed by atoms with Gasteiger partial charge in [0.05, 0.1) is 12.5 Å². The van der Waals surface area contributed by atoms with E-state index in [1.165, 1.54) is 12.1 Å². The molecule has 0 unspecified atom stereocenters. The Hall–Kier alpha value is -2.08. The summed E-state index contributed by atoms with van der Waals surface area (Å²) < 4.78 is 4.87. The van der Waals surface area contributed by atoms with Crippen molar-refractivity contribution in [3.8, 4) is 0 Å². The molecule has 0 heterocycles. The predicted octanol–water partition coefficient (Wildman–Crippen LogP) is 1.51. The van der Waals surface area contributed by atoms with E-state index in [0.717, 1.165) is 0 Å². The van der Waals surface area contributed by atoms with Gasteiger partial charge in [-0.3, -0.25) is 14.4 Å². The second-order valence-electron chi connectivity index (χ2n) is 4.82. The number of primary amides is 1. The molecule has 1 aromatic rings. The fraction of sp³-hybridized carbons (Fsp3) is 0.400. The first-order valence-electron chi connectivity index (χ1n) is 6.87. The van der Waals surface area contributed by atoms with Crippen LogP contribution in [0.15, 0.2) is 24.3 Å². The molecule has 6 nitrogen and oxygen atoms in total. The molecule has 1 rings (SSSR count). The maximum Gasteiger partial charge on any atom is 0.308 e. The first-order chi connectivity index (χ1) is 10.3. The summed E-state index contributed by atoms with van der Waals surface area (Å²) in [6.07, 6.45) is 0.0769. The topological polar surface area (TPSA) is 98.5 Å². The number of hydrogen-bond donors (Lipinski definition) is 2. The highest BCUT2D eigenvalue weighted by molar-refractivity contribution is 6.30. The summed E-state index contributed by atoms with van der Waals surface area (Å²) in [7, 11) is 0. The molecule has 0 saturated carbocycles. The van der Waals surface area contributed by atoms with E-state index >= 15 is 0 Å². The molecule has 0 radical (unpaired) electrons. The lowest BCUT2D eigenvalue weighted by Gasteiger charge is -2.18. The van der Waals surface area contributed by atoms with E-state index in [1.54, 1.807) is 26.0 Å². The SMILES string of the molecule is CCOC(=O)[C@H](C)C[C@@H](NC(=O)c1ccc(Cl)cc1)C(N)=O. The van der Waals surface area contributed by atoms with Crippen LogP contribution in [0.3, 0.4) is 0 Å². The third kappa shape index (κ3) is 5.37. The van der Waals surface area contributed by atoms with Crippen LogP contribution in [0.4, 0.5) is 0 Å². The number of carbonyl (C=O) groups is 3. The Morgan fingerprint density at radius 3 is 2.36 bits per heavy atom. The minimum atomic E-state index is -0.956. The van der Waals surface area contributed by atoms with Crippen LogP contribution < -0.4 is 11.1 Å². The van der Waals surface area contributed by atoms with Gasteiger partial charge in [0.2, 0.25) is 5.91 Å². The van der Waals surface area contributed by atoms with E-state index in [-0.39, 0.29) is 13.0 Å². The van der Waals surface area contributed by atoms with E-state index in [0.29, 0.717) is 10.6 Å². The monoisotopic (exact) mass is 326 g/mol. The van der Waals surface area contributed by atoms with Crippen LogP contribution in [0.25, 0.3) is 0 Å². The third-order valence-corrected chi connectivity index (χ3v) is 3.29. The van der Waals surface area contributed by atoms with Crippen molar-refractivity contribution in [1.82, 2.24) is 5.32 Å². The van der Waals surface area contributed by atoms with Crippen molar-refractivity contribution >= 4 is 29.4 Å². The van der Waals surface area contributed by atoms with Crippen molar-refractivity contribution in [2.24, 2.45) is 11.7 Å². The average Bonchev–Trinajstić information content (AvgIpc) is 2.47. The van der Waals surface area contributed by atoms with Gasteiger partial charge in [-0.05, 0) is 37.6 Å². The van der Waals surface area contributed by atoms with E-state index in [4.69, 9.17) is 22.1 Å². The highest BCUT2D eigenvalue weighted by Crippen LogP contribution is 2.12. The van der Waals surface area contributed by atoms with Gasteiger partial charge in [-0.1, -0.05) is 18.5 Å². The van der Waals surface area contributed by atoms with Crippen LogP contribution >= 0.6 is 11.6 Å². The molecule has 0 aliphatic heterocycles. The summed E-state index contributed by atoms with van der Waals surface area (Å²) in [5.41, 5.74) is 5.63. The van der Waals surface area contributed by atoms with Gasteiger partial charge in [0, 0.05) is 10.6 Å². The van der Waals surface area contributed by atoms with Gasteiger partial charge in [0.15, 0.2) is 0 Å². The highest BCUT2D eigenvalue weighted by Gasteiger charge is 2.25. The first-order valence-corrected chi connectivity index (χ1v) is 7.25. The first kappa shape index (κ1) is 18.0. The lowest BCUT2D eigenvalue weighted by Crippen LogP contribution is -2.46. The van der Waals surface area contributed by atoms with Gasteiger partial charge in [0.1, 0.15) is 6.04 Å². The average molecular weight is 327 g/mol. The Kier molecular flexibility index (Phi) is 6.85. The Balaban J connectivity index is 2.71. The fourth-order valence-corrected chi connectivity index (χ4v) is 1.95. The van der Waals surface area contributed by atoms with Crippen LogP contribution in [-0.2, 0) is 14.3 Å². The van der Waals surface area contributed by atoms with Gasteiger partial charge in [0.25, 0.3) is 5.91 Å². The van der Waals surface area contributed by atoms with Crippen LogP contribution in [0.1, 0.15) is 30.6 Å². The van der Waals surface area contributed by atoms with Crippen LogP contribution in [-0.4, -0.2) is 30.4 Å². The van der Waals surface area contributed by atoms with E-state index < -0.39 is 29.7 Å². The molecule has 3 N–H and O–H groups in total. The zero-order chi connectivity index (χ0) is 16.7. The number of carbonyl (C=O) groups excluding carboxylic acids is 3. The molecule has 2 atom stereocenters. The Labute approximate surface area is 134 Å². The second kappa shape index (κ2) is 8.38. The molecule has 7 heteroatoms. The van der Waals surface area contributed by atoms with Gasteiger partial charge in [-0.15, -0.1) is 0 Å². The van der Waals surface area contributed by atoms with Crippen LogP contribution in [0.2, 0.25) is 5.02 Å². The van der Waals surface area contributed by atoms with Crippen LogP contribution in [0.5, 0.6) is 0 Å². The molecule has 0 spiro atoms. The molecular weight excluding hydrogens is 308 g/mol. The van der Waals surface area contributed by atoms with Crippen molar-refractivity contribution in [2.45, 2.75) is 26.3 Å². The molecule has 120 valence electrons. The summed E-state index contributed by atoms with van der Waals surface area (Å²) in [5, 5.41) is 3.01. The van der Waals surface area contributed by atoms with Crippen molar-refractivity contribution in [3.05, 3.63) is 34.9 Å². The number of halogens is 1.